The molecule has 2 aromatic carbocycles. The van der Waals surface area contributed by atoms with E-state index in [-0.39, 0.29) is 11.7 Å². The zero-order chi connectivity index (χ0) is 12.7. The molecule has 0 aliphatic heterocycles. The fourth-order valence-electron chi connectivity index (χ4n) is 2.73. The Kier molecular flexibility index (Phi) is 2.58. The van der Waals surface area contributed by atoms with E-state index in [4.69, 9.17) is 4.74 Å². The zero-order valence-corrected chi connectivity index (χ0v) is 10.7. The lowest BCUT2D eigenvalue weighted by molar-refractivity contribution is 0.0915. The number of hydrogen-bond acceptors (Lipinski definition) is 2. The van der Waals surface area contributed by atoms with Crippen LogP contribution in [0.1, 0.15) is 29.3 Å². The Labute approximate surface area is 107 Å². The third-order valence-corrected chi connectivity index (χ3v) is 3.85. The number of Topliss-reactive ketones (excluding diaryl/α,β-unsaturated/α-hetero) is 1. The molecule has 0 saturated carbocycles. The first kappa shape index (κ1) is 11.3. The van der Waals surface area contributed by atoms with E-state index in [1.807, 2.05) is 25.1 Å². The van der Waals surface area contributed by atoms with E-state index in [0.717, 1.165) is 34.9 Å². The standard InChI is InChI=1S/C16H16O2/c1-10-3-4-11-5-6-12-9-13(18-2)7-8-14(12)15(11)16(10)17/h5-10H,3-4H2,1-2H3. The Bertz CT molecular complexity index is 628. The second-order valence-corrected chi connectivity index (χ2v) is 4.99. The zero-order valence-electron chi connectivity index (χ0n) is 10.7. The molecule has 0 N–H and O–H groups in total. The van der Waals surface area contributed by atoms with Crippen LogP contribution in [0.4, 0.5) is 0 Å². The van der Waals surface area contributed by atoms with Crippen molar-refractivity contribution in [3.8, 4) is 5.75 Å². The van der Waals surface area contributed by atoms with Crippen molar-refractivity contribution in [2.45, 2.75) is 19.8 Å². The van der Waals surface area contributed by atoms with Gasteiger partial charge in [0, 0.05) is 11.5 Å². The monoisotopic (exact) mass is 240 g/mol. The van der Waals surface area contributed by atoms with Gasteiger partial charge in [-0.3, -0.25) is 4.79 Å². The molecule has 0 amide bonds. The summed E-state index contributed by atoms with van der Waals surface area (Å²) in [5.41, 5.74) is 2.12. The van der Waals surface area contributed by atoms with E-state index < -0.39 is 0 Å². The largest absolute Gasteiger partial charge is 0.497 e. The molecule has 1 aliphatic carbocycles. The highest BCUT2D eigenvalue weighted by molar-refractivity contribution is 6.11. The van der Waals surface area contributed by atoms with Gasteiger partial charge in [0.1, 0.15) is 5.75 Å². The summed E-state index contributed by atoms with van der Waals surface area (Å²) in [5.74, 6) is 1.26. The first-order valence-corrected chi connectivity index (χ1v) is 6.34. The molecule has 2 nitrogen and oxygen atoms in total. The first-order chi connectivity index (χ1) is 8.70. The lowest BCUT2D eigenvalue weighted by atomic mass is 9.81. The molecule has 1 atom stereocenters. The lowest BCUT2D eigenvalue weighted by Crippen LogP contribution is -2.20. The summed E-state index contributed by atoms with van der Waals surface area (Å²) in [7, 11) is 1.66. The van der Waals surface area contributed by atoms with Gasteiger partial charge in [0.2, 0.25) is 0 Å². The minimum atomic E-state index is 0.144. The molecular formula is C16H16O2. The van der Waals surface area contributed by atoms with Gasteiger partial charge < -0.3 is 4.74 Å². The SMILES string of the molecule is COc1ccc2c3c(ccc2c1)CCC(C)C3=O. The van der Waals surface area contributed by atoms with Crippen LogP contribution >= 0.6 is 0 Å². The van der Waals surface area contributed by atoms with Crippen molar-refractivity contribution in [2.75, 3.05) is 7.11 Å². The van der Waals surface area contributed by atoms with E-state index in [9.17, 15) is 4.79 Å². The predicted octanol–water partition coefficient (Wildman–Crippen LogP) is 3.61. The van der Waals surface area contributed by atoms with Gasteiger partial charge in [-0.15, -0.1) is 0 Å². The first-order valence-electron chi connectivity index (χ1n) is 6.34. The van der Waals surface area contributed by atoms with Gasteiger partial charge in [-0.2, -0.15) is 0 Å². The topological polar surface area (TPSA) is 26.3 Å². The summed E-state index contributed by atoms with van der Waals surface area (Å²) in [5, 5.41) is 2.14. The minimum Gasteiger partial charge on any atom is -0.497 e. The highest BCUT2D eigenvalue weighted by atomic mass is 16.5. The van der Waals surface area contributed by atoms with Crippen molar-refractivity contribution < 1.29 is 9.53 Å². The average Bonchev–Trinajstić information content (AvgIpc) is 2.41. The van der Waals surface area contributed by atoms with Crippen molar-refractivity contribution in [1.29, 1.82) is 0 Å². The quantitative estimate of drug-likeness (QED) is 0.761. The van der Waals surface area contributed by atoms with Gasteiger partial charge in [-0.1, -0.05) is 19.1 Å². The number of benzene rings is 2. The van der Waals surface area contributed by atoms with Crippen molar-refractivity contribution in [1.82, 2.24) is 0 Å². The van der Waals surface area contributed by atoms with Crippen LogP contribution in [0, 0.1) is 5.92 Å². The van der Waals surface area contributed by atoms with Crippen LogP contribution in [0.15, 0.2) is 30.3 Å². The summed E-state index contributed by atoms with van der Waals surface area (Å²) in [6, 6.07) is 10.1. The number of methoxy groups -OCH3 is 1. The van der Waals surface area contributed by atoms with Crippen LogP contribution in [0.3, 0.4) is 0 Å². The smallest absolute Gasteiger partial charge is 0.166 e. The maximum absolute atomic E-state index is 12.4. The van der Waals surface area contributed by atoms with E-state index in [1.165, 1.54) is 5.56 Å². The minimum absolute atomic E-state index is 0.144. The van der Waals surface area contributed by atoms with E-state index in [0.29, 0.717) is 0 Å². The van der Waals surface area contributed by atoms with Crippen LogP contribution in [0.25, 0.3) is 10.8 Å². The van der Waals surface area contributed by atoms with Gasteiger partial charge in [-0.25, -0.2) is 0 Å². The molecule has 0 fully saturated rings. The van der Waals surface area contributed by atoms with Crippen molar-refractivity contribution >= 4 is 16.6 Å². The third-order valence-electron chi connectivity index (χ3n) is 3.85. The Morgan fingerprint density at radius 3 is 2.83 bits per heavy atom. The number of hydrogen-bond donors (Lipinski definition) is 0. The molecular weight excluding hydrogens is 224 g/mol. The molecule has 1 aliphatic rings. The Balaban J connectivity index is 2.28. The summed E-state index contributed by atoms with van der Waals surface area (Å²) in [6.45, 7) is 2.02. The fourth-order valence-corrected chi connectivity index (χ4v) is 2.73. The molecule has 0 radical (unpaired) electrons. The molecule has 0 heterocycles. The molecule has 92 valence electrons. The van der Waals surface area contributed by atoms with Gasteiger partial charge >= 0.3 is 0 Å². The molecule has 0 saturated heterocycles. The van der Waals surface area contributed by atoms with Crippen LogP contribution < -0.4 is 4.74 Å². The van der Waals surface area contributed by atoms with Gasteiger partial charge in [-0.05, 0) is 47.4 Å². The Morgan fingerprint density at radius 2 is 2.06 bits per heavy atom. The van der Waals surface area contributed by atoms with E-state index in [1.54, 1.807) is 7.11 Å². The number of fused-ring (bicyclic) bond motifs is 3. The summed E-state index contributed by atoms with van der Waals surface area (Å²) in [6.07, 6.45) is 1.97. The van der Waals surface area contributed by atoms with Crippen molar-refractivity contribution in [2.24, 2.45) is 5.92 Å². The number of ketones is 1. The fraction of sp³-hybridized carbons (Fsp3) is 0.312. The molecule has 2 aromatic rings. The van der Waals surface area contributed by atoms with Crippen LogP contribution in [0.2, 0.25) is 0 Å². The molecule has 1 unspecified atom stereocenters. The predicted molar refractivity (Wildman–Crippen MR) is 72.3 cm³/mol. The number of aryl methyl sites for hydroxylation is 1. The third kappa shape index (κ3) is 1.60. The number of ether oxygens (including phenoxy) is 1. The maximum Gasteiger partial charge on any atom is 0.166 e. The maximum atomic E-state index is 12.4. The highest BCUT2D eigenvalue weighted by Gasteiger charge is 2.25. The second kappa shape index (κ2) is 4.13. The van der Waals surface area contributed by atoms with Crippen LogP contribution in [-0.4, -0.2) is 12.9 Å². The van der Waals surface area contributed by atoms with Crippen LogP contribution in [0.5, 0.6) is 5.75 Å². The van der Waals surface area contributed by atoms with Gasteiger partial charge in [0.05, 0.1) is 7.11 Å². The lowest BCUT2D eigenvalue weighted by Gasteiger charge is -2.22. The Hall–Kier alpha value is -1.83. The molecule has 3 rings (SSSR count). The molecule has 0 spiro atoms. The number of carbonyl (C=O) groups excluding carboxylic acids is 1. The molecule has 18 heavy (non-hydrogen) atoms. The summed E-state index contributed by atoms with van der Waals surface area (Å²) in [4.78, 5) is 12.4. The second-order valence-electron chi connectivity index (χ2n) is 4.99. The van der Waals surface area contributed by atoms with Crippen molar-refractivity contribution in [3.05, 3.63) is 41.5 Å². The molecule has 0 bridgehead atoms. The number of carbonyl (C=O) groups is 1. The van der Waals surface area contributed by atoms with Crippen LogP contribution in [-0.2, 0) is 6.42 Å². The molecule has 0 aromatic heterocycles. The van der Waals surface area contributed by atoms with Crippen molar-refractivity contribution in [3.63, 3.8) is 0 Å². The highest BCUT2D eigenvalue weighted by Crippen LogP contribution is 2.32. The number of rotatable bonds is 1. The van der Waals surface area contributed by atoms with E-state index >= 15 is 0 Å². The summed E-state index contributed by atoms with van der Waals surface area (Å²) >= 11 is 0. The summed E-state index contributed by atoms with van der Waals surface area (Å²) < 4.78 is 5.23. The normalized spacial score (nSPS) is 18.8. The van der Waals surface area contributed by atoms with E-state index in [2.05, 4.69) is 12.1 Å². The Morgan fingerprint density at radius 1 is 1.22 bits per heavy atom. The molecule has 2 heteroatoms. The van der Waals surface area contributed by atoms with Gasteiger partial charge in [0.25, 0.3) is 0 Å². The average molecular weight is 240 g/mol. The van der Waals surface area contributed by atoms with Gasteiger partial charge in [0.15, 0.2) is 5.78 Å².